The Kier molecular flexibility index (Phi) is 7.39. The van der Waals surface area contributed by atoms with Crippen molar-refractivity contribution in [2.24, 2.45) is 5.92 Å². The molecule has 106 valence electrons. The van der Waals surface area contributed by atoms with Crippen LogP contribution in [0.15, 0.2) is 0 Å². The third-order valence-electron chi connectivity index (χ3n) is 2.66. The Morgan fingerprint density at radius 2 is 1.89 bits per heavy atom. The molecule has 0 radical (unpaired) electrons. The van der Waals surface area contributed by atoms with Gasteiger partial charge in [0, 0.05) is 18.5 Å². The first-order valence-corrected chi connectivity index (χ1v) is 6.51. The molecular formula is C13H26N2O3. The van der Waals surface area contributed by atoms with Crippen molar-refractivity contribution in [3.05, 3.63) is 0 Å². The minimum Gasteiger partial charge on any atom is -0.481 e. The van der Waals surface area contributed by atoms with Gasteiger partial charge in [-0.1, -0.05) is 13.8 Å². The van der Waals surface area contributed by atoms with Crippen LogP contribution in [0.5, 0.6) is 0 Å². The molecule has 0 bridgehead atoms. The number of hydrogen-bond acceptors (Lipinski definition) is 2. The molecule has 0 rings (SSSR count). The summed E-state index contributed by atoms with van der Waals surface area (Å²) in [6.07, 6.45) is 2.52. The molecule has 0 aromatic rings. The first kappa shape index (κ1) is 16.7. The summed E-state index contributed by atoms with van der Waals surface area (Å²) in [5.41, 5.74) is -0.499. The van der Waals surface area contributed by atoms with Gasteiger partial charge < -0.3 is 15.7 Å². The highest BCUT2D eigenvalue weighted by Crippen LogP contribution is 2.10. The van der Waals surface area contributed by atoms with Crippen LogP contribution >= 0.6 is 0 Å². The standard InChI is InChI=1S/C13H26N2O3/c1-10(2)6-5-9-14-12(18)15-13(3,4)8-7-11(16)17/h10H,5-9H2,1-4H3,(H,16,17)(H2,14,15,18). The Morgan fingerprint density at radius 3 is 2.39 bits per heavy atom. The molecule has 3 N–H and O–H groups in total. The van der Waals surface area contributed by atoms with Crippen molar-refractivity contribution in [3.63, 3.8) is 0 Å². The van der Waals surface area contributed by atoms with Crippen molar-refractivity contribution in [3.8, 4) is 0 Å². The summed E-state index contributed by atoms with van der Waals surface area (Å²) in [6.45, 7) is 8.59. The van der Waals surface area contributed by atoms with E-state index in [-0.39, 0.29) is 12.5 Å². The fraction of sp³-hybridized carbons (Fsp3) is 0.846. The van der Waals surface area contributed by atoms with Crippen molar-refractivity contribution in [1.82, 2.24) is 10.6 Å². The lowest BCUT2D eigenvalue weighted by Gasteiger charge is -2.25. The Bertz CT molecular complexity index is 275. The van der Waals surface area contributed by atoms with E-state index in [1.165, 1.54) is 0 Å². The molecule has 2 amide bonds. The molecule has 0 unspecified atom stereocenters. The number of rotatable bonds is 8. The number of aliphatic carboxylic acids is 1. The fourth-order valence-corrected chi connectivity index (χ4v) is 1.55. The summed E-state index contributed by atoms with van der Waals surface area (Å²) in [4.78, 5) is 22.1. The van der Waals surface area contributed by atoms with Crippen molar-refractivity contribution in [2.45, 2.75) is 58.9 Å². The van der Waals surface area contributed by atoms with Crippen LogP contribution in [0, 0.1) is 5.92 Å². The molecule has 5 nitrogen and oxygen atoms in total. The van der Waals surface area contributed by atoms with Crippen molar-refractivity contribution in [1.29, 1.82) is 0 Å². The van der Waals surface area contributed by atoms with Gasteiger partial charge in [-0.25, -0.2) is 4.79 Å². The predicted octanol–water partition coefficient (Wildman–Crippen LogP) is 2.37. The molecule has 18 heavy (non-hydrogen) atoms. The van der Waals surface area contributed by atoms with E-state index >= 15 is 0 Å². The number of nitrogens with one attached hydrogen (secondary N) is 2. The summed E-state index contributed by atoms with van der Waals surface area (Å²) in [5, 5.41) is 14.2. The maximum atomic E-state index is 11.6. The molecule has 0 aromatic heterocycles. The van der Waals surface area contributed by atoms with Crippen LogP contribution in [-0.2, 0) is 4.79 Å². The maximum Gasteiger partial charge on any atom is 0.315 e. The van der Waals surface area contributed by atoms with Gasteiger partial charge in [0.05, 0.1) is 0 Å². The molecule has 0 atom stereocenters. The Labute approximate surface area is 109 Å². The molecule has 0 aromatic carbocycles. The average molecular weight is 258 g/mol. The van der Waals surface area contributed by atoms with Crippen LogP contribution in [0.25, 0.3) is 0 Å². The van der Waals surface area contributed by atoms with Gasteiger partial charge in [-0.3, -0.25) is 4.79 Å². The molecule has 0 spiro atoms. The summed E-state index contributed by atoms with van der Waals surface area (Å²) in [6, 6.07) is -0.228. The van der Waals surface area contributed by atoms with Crippen LogP contribution in [-0.4, -0.2) is 29.2 Å². The second-order valence-electron chi connectivity index (χ2n) is 5.69. The Balaban J connectivity index is 3.81. The van der Waals surface area contributed by atoms with Gasteiger partial charge >= 0.3 is 12.0 Å². The summed E-state index contributed by atoms with van der Waals surface area (Å²) < 4.78 is 0. The number of carboxylic acids is 1. The Hall–Kier alpha value is -1.26. The molecule has 0 saturated carbocycles. The predicted molar refractivity (Wildman–Crippen MR) is 71.6 cm³/mol. The van der Waals surface area contributed by atoms with Crippen LogP contribution in [0.4, 0.5) is 4.79 Å². The number of carbonyl (C=O) groups is 2. The lowest BCUT2D eigenvalue weighted by atomic mass is 9.99. The monoisotopic (exact) mass is 258 g/mol. The van der Waals surface area contributed by atoms with Gasteiger partial charge in [0.25, 0.3) is 0 Å². The smallest absolute Gasteiger partial charge is 0.315 e. The lowest BCUT2D eigenvalue weighted by Crippen LogP contribution is -2.48. The van der Waals surface area contributed by atoms with E-state index < -0.39 is 11.5 Å². The number of carboxylic acid groups (broad SMARTS) is 1. The molecular weight excluding hydrogens is 232 g/mol. The molecule has 0 heterocycles. The van der Waals surface area contributed by atoms with E-state index in [0.717, 1.165) is 12.8 Å². The van der Waals surface area contributed by atoms with Crippen LogP contribution in [0.1, 0.15) is 53.4 Å². The van der Waals surface area contributed by atoms with Crippen molar-refractivity contribution >= 4 is 12.0 Å². The molecule has 0 saturated heterocycles. The van der Waals surface area contributed by atoms with Crippen molar-refractivity contribution < 1.29 is 14.7 Å². The minimum absolute atomic E-state index is 0.0562. The largest absolute Gasteiger partial charge is 0.481 e. The highest BCUT2D eigenvalue weighted by atomic mass is 16.4. The second-order valence-corrected chi connectivity index (χ2v) is 5.69. The number of carbonyl (C=O) groups excluding carboxylic acids is 1. The zero-order chi connectivity index (χ0) is 14.2. The normalized spacial score (nSPS) is 11.4. The third kappa shape index (κ3) is 9.93. The van der Waals surface area contributed by atoms with E-state index in [4.69, 9.17) is 5.11 Å². The van der Waals surface area contributed by atoms with Crippen LogP contribution in [0.3, 0.4) is 0 Å². The topological polar surface area (TPSA) is 78.4 Å². The fourth-order valence-electron chi connectivity index (χ4n) is 1.55. The SMILES string of the molecule is CC(C)CCCNC(=O)NC(C)(C)CCC(=O)O. The first-order valence-electron chi connectivity index (χ1n) is 6.51. The first-order chi connectivity index (χ1) is 8.23. The molecule has 0 aliphatic rings. The average Bonchev–Trinajstić information content (AvgIpc) is 2.21. The quantitative estimate of drug-likeness (QED) is 0.585. The minimum atomic E-state index is -0.845. The van der Waals surface area contributed by atoms with Gasteiger partial charge in [-0.05, 0) is 39.0 Å². The maximum absolute atomic E-state index is 11.6. The van der Waals surface area contributed by atoms with Gasteiger partial charge in [0.2, 0.25) is 0 Å². The van der Waals surface area contributed by atoms with E-state index in [1.807, 2.05) is 13.8 Å². The Morgan fingerprint density at radius 1 is 1.28 bits per heavy atom. The van der Waals surface area contributed by atoms with E-state index in [1.54, 1.807) is 0 Å². The zero-order valence-corrected chi connectivity index (χ0v) is 11.9. The number of urea groups is 1. The zero-order valence-electron chi connectivity index (χ0n) is 11.9. The summed E-state index contributed by atoms with van der Waals surface area (Å²) >= 11 is 0. The molecule has 5 heteroatoms. The highest BCUT2D eigenvalue weighted by molar-refractivity contribution is 5.74. The van der Waals surface area contributed by atoms with Crippen LogP contribution in [0.2, 0.25) is 0 Å². The molecule has 0 aliphatic carbocycles. The lowest BCUT2D eigenvalue weighted by molar-refractivity contribution is -0.137. The third-order valence-corrected chi connectivity index (χ3v) is 2.66. The summed E-state index contributed by atoms with van der Waals surface area (Å²) in [5.74, 6) is -0.205. The summed E-state index contributed by atoms with van der Waals surface area (Å²) in [7, 11) is 0. The van der Waals surface area contributed by atoms with E-state index in [9.17, 15) is 9.59 Å². The van der Waals surface area contributed by atoms with Gasteiger partial charge in [0.1, 0.15) is 0 Å². The van der Waals surface area contributed by atoms with Crippen LogP contribution < -0.4 is 10.6 Å². The number of hydrogen-bond donors (Lipinski definition) is 3. The van der Waals surface area contributed by atoms with Gasteiger partial charge in [0.15, 0.2) is 0 Å². The van der Waals surface area contributed by atoms with E-state index in [0.29, 0.717) is 18.9 Å². The van der Waals surface area contributed by atoms with Gasteiger partial charge in [-0.15, -0.1) is 0 Å². The number of amides is 2. The van der Waals surface area contributed by atoms with E-state index in [2.05, 4.69) is 24.5 Å². The highest BCUT2D eigenvalue weighted by Gasteiger charge is 2.21. The van der Waals surface area contributed by atoms with Crippen molar-refractivity contribution in [2.75, 3.05) is 6.54 Å². The van der Waals surface area contributed by atoms with Gasteiger partial charge in [-0.2, -0.15) is 0 Å². The molecule has 0 fully saturated rings. The molecule has 0 aliphatic heterocycles. The second kappa shape index (κ2) is 7.95.